The topological polar surface area (TPSA) is 23.8 Å². The predicted molar refractivity (Wildman–Crippen MR) is 30.1 cm³/mol. The Morgan fingerprint density at radius 3 is 2.00 bits per heavy atom. The van der Waals surface area contributed by atoms with E-state index in [1.807, 2.05) is 19.9 Å². The largest absolute Gasteiger partial charge is 0.197 e. The zero-order valence-corrected chi connectivity index (χ0v) is 5.24. The fourth-order valence-corrected chi connectivity index (χ4v) is 0.149. The number of rotatable bonds is 1. The van der Waals surface area contributed by atoms with Crippen molar-refractivity contribution in [2.45, 2.75) is 19.2 Å². The van der Waals surface area contributed by atoms with E-state index in [1.54, 1.807) is 0 Å². The third-order valence-corrected chi connectivity index (χ3v) is 1.31. The molecule has 0 heterocycles. The van der Waals surface area contributed by atoms with Gasteiger partial charge in [-0.3, -0.25) is 0 Å². The number of hydrogen-bond acceptors (Lipinski definition) is 1. The number of nitriles is 1. The van der Waals surface area contributed by atoms with Crippen LogP contribution in [0, 0.1) is 17.2 Å². The van der Waals surface area contributed by atoms with Crippen molar-refractivity contribution in [3.8, 4) is 6.07 Å². The second kappa shape index (κ2) is 2.87. The van der Waals surface area contributed by atoms with Crippen LogP contribution in [0.15, 0.2) is 0 Å². The molecule has 0 radical (unpaired) electrons. The smallest absolute Gasteiger partial charge is 0.122 e. The summed E-state index contributed by atoms with van der Waals surface area (Å²) in [5, 5.41) is 7.80. The zero-order chi connectivity index (χ0) is 5.86. The Labute approximate surface area is 48.9 Å². The first-order valence-corrected chi connectivity index (χ1v) is 2.65. The van der Waals surface area contributed by atoms with E-state index in [2.05, 4.69) is 0 Å². The first-order chi connectivity index (χ1) is 3.18. The van der Waals surface area contributed by atoms with Crippen molar-refractivity contribution in [1.29, 1.82) is 5.26 Å². The monoisotopic (exact) mass is 117 g/mol. The van der Waals surface area contributed by atoms with E-state index in [0.29, 0.717) is 0 Å². The number of alkyl halides is 1. The van der Waals surface area contributed by atoms with Crippen molar-refractivity contribution >= 4 is 11.6 Å². The molecule has 40 valence electrons. The van der Waals surface area contributed by atoms with E-state index >= 15 is 0 Å². The van der Waals surface area contributed by atoms with Gasteiger partial charge in [-0.25, -0.2) is 0 Å². The SMILES string of the molecule is CC(C)[C@H](Cl)C#N. The fraction of sp³-hybridized carbons (Fsp3) is 0.800. The van der Waals surface area contributed by atoms with Gasteiger partial charge < -0.3 is 0 Å². The highest BCUT2D eigenvalue weighted by molar-refractivity contribution is 6.22. The van der Waals surface area contributed by atoms with Gasteiger partial charge in [0.1, 0.15) is 5.38 Å². The quantitative estimate of drug-likeness (QED) is 0.481. The highest BCUT2D eigenvalue weighted by Gasteiger charge is 2.04. The van der Waals surface area contributed by atoms with Gasteiger partial charge in [-0.05, 0) is 5.92 Å². The molecule has 0 fully saturated rings. The van der Waals surface area contributed by atoms with E-state index in [1.165, 1.54) is 0 Å². The number of hydrogen-bond donors (Lipinski definition) is 0. The molecule has 2 heteroatoms. The maximum atomic E-state index is 8.12. The Bertz CT molecular complexity index is 82.6. The lowest BCUT2D eigenvalue weighted by molar-refractivity contribution is 0.678. The molecule has 0 aliphatic rings. The van der Waals surface area contributed by atoms with Crippen molar-refractivity contribution in [2.75, 3.05) is 0 Å². The Hall–Kier alpha value is -0.220. The van der Waals surface area contributed by atoms with E-state index in [0.717, 1.165) is 0 Å². The minimum absolute atomic E-state index is 0.270. The lowest BCUT2D eigenvalue weighted by Crippen LogP contribution is -2.02. The molecule has 0 aliphatic heterocycles. The average molecular weight is 118 g/mol. The molecule has 0 spiro atoms. The van der Waals surface area contributed by atoms with Crippen LogP contribution in [0.4, 0.5) is 0 Å². The molecular weight excluding hydrogens is 110 g/mol. The highest BCUT2D eigenvalue weighted by Crippen LogP contribution is 2.06. The standard InChI is InChI=1S/C5H8ClN/c1-4(2)5(6)3-7/h4-5H,1-2H3/t5-/m1/s1. The molecule has 0 aliphatic carbocycles. The van der Waals surface area contributed by atoms with Gasteiger partial charge in [-0.15, -0.1) is 11.6 Å². The summed E-state index contributed by atoms with van der Waals surface area (Å²) in [6.45, 7) is 3.84. The summed E-state index contributed by atoms with van der Waals surface area (Å²) in [5.41, 5.74) is 0. The number of nitrogens with zero attached hydrogens (tertiary/aromatic N) is 1. The summed E-state index contributed by atoms with van der Waals surface area (Å²) >= 11 is 5.44. The Kier molecular flexibility index (Phi) is 2.78. The Morgan fingerprint density at radius 1 is 1.57 bits per heavy atom. The van der Waals surface area contributed by atoms with E-state index in [9.17, 15) is 0 Å². The summed E-state index contributed by atoms with van der Waals surface area (Å²) in [7, 11) is 0. The molecule has 0 unspecified atom stereocenters. The van der Waals surface area contributed by atoms with Crippen LogP contribution >= 0.6 is 11.6 Å². The second-order valence-electron chi connectivity index (χ2n) is 1.77. The predicted octanol–water partition coefficient (Wildman–Crippen LogP) is 1.77. The lowest BCUT2D eigenvalue weighted by atomic mass is 10.1. The van der Waals surface area contributed by atoms with Crippen molar-refractivity contribution in [3.63, 3.8) is 0 Å². The molecule has 7 heavy (non-hydrogen) atoms. The molecule has 0 aromatic heterocycles. The molecule has 0 bridgehead atoms. The van der Waals surface area contributed by atoms with Crippen LogP contribution in [0.25, 0.3) is 0 Å². The van der Waals surface area contributed by atoms with Crippen LogP contribution in [0.3, 0.4) is 0 Å². The second-order valence-corrected chi connectivity index (χ2v) is 2.25. The summed E-state index contributed by atoms with van der Waals surface area (Å²) in [5.74, 6) is 0.270. The van der Waals surface area contributed by atoms with Gasteiger partial charge in [0.15, 0.2) is 0 Å². The summed E-state index contributed by atoms with van der Waals surface area (Å²) in [6.07, 6.45) is 0. The normalized spacial score (nSPS) is 13.6. The van der Waals surface area contributed by atoms with Crippen molar-refractivity contribution < 1.29 is 0 Å². The number of halogens is 1. The van der Waals surface area contributed by atoms with Gasteiger partial charge >= 0.3 is 0 Å². The molecule has 0 N–H and O–H groups in total. The average Bonchev–Trinajstić information content (AvgIpc) is 1.65. The lowest BCUT2D eigenvalue weighted by Gasteiger charge is -1.99. The molecule has 0 amide bonds. The zero-order valence-electron chi connectivity index (χ0n) is 4.48. The molecule has 0 aromatic rings. The third kappa shape index (κ3) is 2.47. The van der Waals surface area contributed by atoms with Crippen LogP contribution in [-0.2, 0) is 0 Å². The van der Waals surface area contributed by atoms with E-state index < -0.39 is 0 Å². The molecule has 0 saturated carbocycles. The van der Waals surface area contributed by atoms with Crippen LogP contribution in [0.2, 0.25) is 0 Å². The van der Waals surface area contributed by atoms with Gasteiger partial charge in [0.25, 0.3) is 0 Å². The van der Waals surface area contributed by atoms with E-state index in [4.69, 9.17) is 16.9 Å². The van der Waals surface area contributed by atoms with Crippen LogP contribution in [-0.4, -0.2) is 5.38 Å². The van der Waals surface area contributed by atoms with Gasteiger partial charge in [0.2, 0.25) is 0 Å². The maximum Gasteiger partial charge on any atom is 0.122 e. The molecule has 0 saturated heterocycles. The molecule has 0 rings (SSSR count). The van der Waals surface area contributed by atoms with E-state index in [-0.39, 0.29) is 11.3 Å². The van der Waals surface area contributed by atoms with Crippen LogP contribution in [0.1, 0.15) is 13.8 Å². The summed E-state index contributed by atoms with van der Waals surface area (Å²) < 4.78 is 0. The van der Waals surface area contributed by atoms with Gasteiger partial charge in [-0.2, -0.15) is 5.26 Å². The molecular formula is C5H8ClN. The molecule has 1 atom stereocenters. The third-order valence-electron chi connectivity index (χ3n) is 0.709. The summed E-state index contributed by atoms with van der Waals surface area (Å²) in [6, 6.07) is 1.93. The first kappa shape index (κ1) is 6.78. The van der Waals surface area contributed by atoms with Crippen molar-refractivity contribution in [2.24, 2.45) is 5.92 Å². The van der Waals surface area contributed by atoms with Gasteiger partial charge in [0, 0.05) is 0 Å². The van der Waals surface area contributed by atoms with Crippen LogP contribution < -0.4 is 0 Å². The minimum Gasteiger partial charge on any atom is -0.197 e. The Balaban J connectivity index is 3.40. The first-order valence-electron chi connectivity index (χ1n) is 2.22. The highest BCUT2D eigenvalue weighted by atomic mass is 35.5. The van der Waals surface area contributed by atoms with Gasteiger partial charge in [0.05, 0.1) is 6.07 Å². The fourth-order valence-electron chi connectivity index (χ4n) is 0.149. The Morgan fingerprint density at radius 2 is 2.00 bits per heavy atom. The molecule has 0 aromatic carbocycles. The van der Waals surface area contributed by atoms with Crippen molar-refractivity contribution in [3.05, 3.63) is 0 Å². The summed E-state index contributed by atoms with van der Waals surface area (Å²) in [4.78, 5) is 0. The molecule has 1 nitrogen and oxygen atoms in total. The van der Waals surface area contributed by atoms with Gasteiger partial charge in [-0.1, -0.05) is 13.8 Å². The van der Waals surface area contributed by atoms with Crippen molar-refractivity contribution in [1.82, 2.24) is 0 Å². The van der Waals surface area contributed by atoms with Crippen LogP contribution in [0.5, 0.6) is 0 Å². The maximum absolute atomic E-state index is 8.12. The minimum atomic E-state index is -0.319.